The van der Waals surface area contributed by atoms with E-state index in [1.165, 1.54) is 39.8 Å². The smallest absolute Gasteiger partial charge is 0.352 e. The molecule has 0 bridgehead atoms. The molecule has 1 fully saturated rings. The molecular formula is C12H12N4O4S3. The first-order valence-electron chi connectivity index (χ1n) is 6.55. The fourth-order valence-corrected chi connectivity index (χ4v) is 4.94. The van der Waals surface area contributed by atoms with Crippen molar-refractivity contribution in [1.29, 1.82) is 0 Å². The van der Waals surface area contributed by atoms with Gasteiger partial charge in [-0.2, -0.15) is 0 Å². The fourth-order valence-electron chi connectivity index (χ4n) is 2.34. The van der Waals surface area contributed by atoms with Gasteiger partial charge < -0.3 is 10.4 Å². The summed E-state index contributed by atoms with van der Waals surface area (Å²) < 4.78 is 0.681. The van der Waals surface area contributed by atoms with Gasteiger partial charge in [0, 0.05) is 5.75 Å². The Balaban J connectivity index is 1.60. The van der Waals surface area contributed by atoms with Gasteiger partial charge in [0.15, 0.2) is 4.34 Å². The monoisotopic (exact) mass is 372 g/mol. The number of aliphatic carboxylic acids is 1. The number of nitrogens with zero attached hydrogens (tertiary/aromatic N) is 3. The standard InChI is InChI=1S/C12H12N4O4S3/c1-5-2-21-10-7(9(18)16(10)8(5)11(19)20)14-6(17)3-22-12-15-13-4-23-12/h4,7,10H,2-3H2,1H3,(H,14,17)(H,19,20)/t7?,10-/m0/s1. The molecule has 11 heteroatoms. The zero-order valence-corrected chi connectivity index (χ0v) is 14.3. The van der Waals surface area contributed by atoms with Crippen LogP contribution in [-0.2, 0) is 14.4 Å². The van der Waals surface area contributed by atoms with E-state index in [-0.39, 0.29) is 28.6 Å². The number of carbonyl (C=O) groups is 3. The molecule has 2 amide bonds. The molecule has 2 aliphatic heterocycles. The van der Waals surface area contributed by atoms with Gasteiger partial charge in [-0.1, -0.05) is 23.1 Å². The van der Waals surface area contributed by atoms with E-state index in [2.05, 4.69) is 15.5 Å². The number of hydrogen-bond acceptors (Lipinski definition) is 8. The van der Waals surface area contributed by atoms with Gasteiger partial charge in [0.25, 0.3) is 5.91 Å². The van der Waals surface area contributed by atoms with E-state index >= 15 is 0 Å². The Hall–Kier alpha value is -1.59. The molecule has 1 saturated heterocycles. The van der Waals surface area contributed by atoms with Crippen molar-refractivity contribution in [3.05, 3.63) is 16.8 Å². The molecule has 0 saturated carbocycles. The normalized spacial score (nSPS) is 23.3. The summed E-state index contributed by atoms with van der Waals surface area (Å²) in [5.41, 5.74) is 2.27. The Morgan fingerprint density at radius 1 is 1.57 bits per heavy atom. The second kappa shape index (κ2) is 6.49. The Bertz CT molecular complexity index is 690. The van der Waals surface area contributed by atoms with Crippen LogP contribution in [0.1, 0.15) is 6.92 Å². The number of aromatic nitrogens is 2. The lowest BCUT2D eigenvalue weighted by atomic mass is 10.0. The number of thioether (sulfide) groups is 2. The quantitative estimate of drug-likeness (QED) is 0.564. The van der Waals surface area contributed by atoms with E-state index < -0.39 is 12.0 Å². The van der Waals surface area contributed by atoms with Crippen LogP contribution in [0.5, 0.6) is 0 Å². The molecule has 1 aromatic heterocycles. The maximum absolute atomic E-state index is 12.2. The molecule has 2 atom stereocenters. The van der Waals surface area contributed by atoms with Crippen LogP contribution in [0.4, 0.5) is 0 Å². The first kappa shape index (κ1) is 16.3. The van der Waals surface area contributed by atoms with Crippen LogP contribution >= 0.6 is 34.9 Å². The first-order chi connectivity index (χ1) is 11.0. The molecule has 0 aromatic carbocycles. The van der Waals surface area contributed by atoms with Gasteiger partial charge in [0.2, 0.25) is 5.91 Å². The Morgan fingerprint density at radius 2 is 2.35 bits per heavy atom. The van der Waals surface area contributed by atoms with Crippen molar-refractivity contribution in [3.63, 3.8) is 0 Å². The molecule has 122 valence electrons. The van der Waals surface area contributed by atoms with Crippen LogP contribution in [0.3, 0.4) is 0 Å². The van der Waals surface area contributed by atoms with E-state index in [0.717, 1.165) is 0 Å². The SMILES string of the molecule is CC1=C(C(=O)O)N2C(=O)C(NC(=O)CSc3nncs3)[C@@H]2SC1. The lowest BCUT2D eigenvalue weighted by molar-refractivity contribution is -0.150. The highest BCUT2D eigenvalue weighted by Gasteiger charge is 2.53. The highest BCUT2D eigenvalue weighted by atomic mass is 32.2. The molecule has 3 heterocycles. The number of carboxylic acids is 1. The number of carbonyl (C=O) groups excluding carboxylic acids is 2. The van der Waals surface area contributed by atoms with Crippen molar-refractivity contribution in [3.8, 4) is 0 Å². The Morgan fingerprint density at radius 3 is 3.00 bits per heavy atom. The third-order valence-electron chi connectivity index (χ3n) is 3.34. The number of β-lactam (4-membered cyclic amide) rings is 1. The molecule has 2 N–H and O–H groups in total. The molecule has 3 rings (SSSR count). The van der Waals surface area contributed by atoms with Gasteiger partial charge >= 0.3 is 5.97 Å². The number of carboxylic acid groups (broad SMARTS) is 1. The van der Waals surface area contributed by atoms with Gasteiger partial charge in [0.1, 0.15) is 22.6 Å². The van der Waals surface area contributed by atoms with Crippen LogP contribution in [0, 0.1) is 0 Å². The maximum Gasteiger partial charge on any atom is 0.352 e. The number of nitrogens with one attached hydrogen (secondary N) is 1. The Kier molecular flexibility index (Phi) is 4.60. The molecule has 2 aliphatic rings. The lowest BCUT2D eigenvalue weighted by Crippen LogP contribution is -2.70. The Labute approximate surface area is 143 Å². The molecule has 1 unspecified atom stereocenters. The largest absolute Gasteiger partial charge is 0.477 e. The summed E-state index contributed by atoms with van der Waals surface area (Å²) in [6, 6.07) is -0.676. The van der Waals surface area contributed by atoms with E-state index in [9.17, 15) is 19.5 Å². The van der Waals surface area contributed by atoms with Gasteiger partial charge in [-0.15, -0.1) is 22.0 Å². The first-order valence-corrected chi connectivity index (χ1v) is 9.46. The van der Waals surface area contributed by atoms with E-state index in [1.54, 1.807) is 12.4 Å². The number of rotatable bonds is 5. The van der Waals surface area contributed by atoms with Gasteiger partial charge in [-0.25, -0.2) is 4.79 Å². The van der Waals surface area contributed by atoms with Crippen LogP contribution < -0.4 is 5.32 Å². The zero-order valence-electron chi connectivity index (χ0n) is 11.9. The summed E-state index contributed by atoms with van der Waals surface area (Å²) in [6.07, 6.45) is 0. The van der Waals surface area contributed by atoms with E-state index in [0.29, 0.717) is 15.7 Å². The van der Waals surface area contributed by atoms with E-state index in [1.807, 2.05) is 0 Å². The summed E-state index contributed by atoms with van der Waals surface area (Å²) in [7, 11) is 0. The van der Waals surface area contributed by atoms with E-state index in [4.69, 9.17) is 0 Å². The molecule has 23 heavy (non-hydrogen) atoms. The minimum Gasteiger partial charge on any atom is -0.477 e. The highest BCUT2D eigenvalue weighted by Crippen LogP contribution is 2.40. The van der Waals surface area contributed by atoms with Crippen molar-refractivity contribution >= 4 is 52.6 Å². The number of hydrogen-bond donors (Lipinski definition) is 2. The summed E-state index contributed by atoms with van der Waals surface area (Å²) >= 11 is 4.04. The van der Waals surface area contributed by atoms with Crippen molar-refractivity contribution in [2.24, 2.45) is 0 Å². The van der Waals surface area contributed by atoms with Crippen molar-refractivity contribution in [1.82, 2.24) is 20.4 Å². The molecule has 0 spiro atoms. The predicted molar refractivity (Wildman–Crippen MR) is 86.0 cm³/mol. The highest BCUT2D eigenvalue weighted by molar-refractivity contribution is 8.01. The molecular weight excluding hydrogens is 360 g/mol. The van der Waals surface area contributed by atoms with Gasteiger partial charge in [0.05, 0.1) is 5.75 Å². The van der Waals surface area contributed by atoms with Crippen molar-refractivity contribution in [2.75, 3.05) is 11.5 Å². The average Bonchev–Trinajstić information content (AvgIpc) is 3.03. The number of amides is 2. The lowest BCUT2D eigenvalue weighted by Gasteiger charge is -2.49. The number of fused-ring (bicyclic) bond motifs is 1. The predicted octanol–water partition coefficient (Wildman–Crippen LogP) is 0.389. The second-order valence-corrected chi connectivity index (χ2v) is 8.04. The third-order valence-corrected chi connectivity index (χ3v) is 6.63. The minimum absolute atomic E-state index is 0.0347. The van der Waals surface area contributed by atoms with Gasteiger partial charge in [-0.05, 0) is 12.5 Å². The van der Waals surface area contributed by atoms with Crippen molar-refractivity contribution in [2.45, 2.75) is 22.7 Å². The average molecular weight is 372 g/mol. The molecule has 8 nitrogen and oxygen atoms in total. The molecule has 0 aliphatic carbocycles. The van der Waals surface area contributed by atoms with Gasteiger partial charge in [-0.3, -0.25) is 14.5 Å². The summed E-state index contributed by atoms with van der Waals surface area (Å²) in [4.78, 5) is 36.7. The molecule has 0 radical (unpaired) electrons. The fraction of sp³-hybridized carbons (Fsp3) is 0.417. The zero-order chi connectivity index (χ0) is 16.6. The van der Waals surface area contributed by atoms with Crippen LogP contribution in [0.2, 0.25) is 0 Å². The summed E-state index contributed by atoms with van der Waals surface area (Å²) in [5.74, 6) is -1.11. The second-order valence-electron chi connectivity index (χ2n) is 4.88. The van der Waals surface area contributed by atoms with Crippen LogP contribution in [0.15, 0.2) is 21.1 Å². The maximum atomic E-state index is 12.2. The third kappa shape index (κ3) is 3.08. The van der Waals surface area contributed by atoms with Crippen LogP contribution in [-0.4, -0.2) is 60.9 Å². The topological polar surface area (TPSA) is 112 Å². The molecule has 1 aromatic rings. The summed E-state index contributed by atoms with van der Waals surface area (Å²) in [6.45, 7) is 1.70. The van der Waals surface area contributed by atoms with Crippen molar-refractivity contribution < 1.29 is 19.5 Å². The minimum atomic E-state index is -1.11. The van der Waals surface area contributed by atoms with Crippen LogP contribution in [0.25, 0.3) is 0 Å². The summed E-state index contributed by atoms with van der Waals surface area (Å²) in [5, 5.41) is 19.1.